The normalized spacial score (nSPS) is 12.5. The average molecular weight is 851 g/mol. The van der Waals surface area contributed by atoms with E-state index in [-0.39, 0.29) is 0 Å². The molecule has 0 saturated heterocycles. The summed E-state index contributed by atoms with van der Waals surface area (Å²) in [6, 6.07) is 77.5. The zero-order valence-corrected chi connectivity index (χ0v) is 35.9. The van der Waals surface area contributed by atoms with Crippen molar-refractivity contribution < 1.29 is 0 Å². The Hall–Kier alpha value is -8.00. The second-order valence-electron chi connectivity index (χ2n) is 15.8. The third-order valence-electron chi connectivity index (χ3n) is 12.3. The molecule has 0 aromatic heterocycles. The minimum atomic E-state index is 0.609. The number of nitriles is 2. The quantitative estimate of drug-likeness (QED) is 0.172. The highest BCUT2D eigenvalue weighted by Crippen LogP contribution is 2.57. The molecule has 0 saturated carbocycles. The Morgan fingerprint density at radius 3 is 1.31 bits per heavy atom. The van der Waals surface area contributed by atoms with Crippen LogP contribution in [0, 0.1) is 22.7 Å². The third kappa shape index (κ3) is 6.08. The molecule has 0 unspecified atom stereocenters. The first-order valence-corrected chi connectivity index (χ1v) is 22.7. The number of anilines is 6. The molecule has 12 rings (SSSR count). The summed E-state index contributed by atoms with van der Waals surface area (Å²) in [4.78, 5) is 9.52. The maximum atomic E-state index is 11.0. The molecule has 10 aromatic rings. The van der Waals surface area contributed by atoms with Crippen LogP contribution >= 0.6 is 23.5 Å². The molecular formula is C58H34N4S2. The molecule has 64 heavy (non-hydrogen) atoms. The monoisotopic (exact) mass is 850 g/mol. The van der Waals surface area contributed by atoms with Crippen molar-refractivity contribution in [1.29, 1.82) is 10.5 Å². The van der Waals surface area contributed by atoms with Crippen molar-refractivity contribution in [3.63, 3.8) is 0 Å². The van der Waals surface area contributed by atoms with Crippen molar-refractivity contribution in [1.82, 2.24) is 0 Å². The second kappa shape index (κ2) is 15.4. The Balaban J connectivity index is 1.17. The average Bonchev–Trinajstić information content (AvgIpc) is 3.36. The summed E-state index contributed by atoms with van der Waals surface area (Å²) in [5.41, 5.74) is 13.2. The largest absolute Gasteiger partial charge is 0.308 e. The Morgan fingerprint density at radius 2 is 0.766 bits per heavy atom. The minimum absolute atomic E-state index is 0.609. The van der Waals surface area contributed by atoms with E-state index in [9.17, 15) is 10.5 Å². The van der Waals surface area contributed by atoms with Crippen LogP contribution in [0.3, 0.4) is 0 Å². The van der Waals surface area contributed by atoms with Gasteiger partial charge < -0.3 is 9.80 Å². The molecule has 0 fully saturated rings. The summed E-state index contributed by atoms with van der Waals surface area (Å²) in [6.07, 6.45) is 0. The lowest BCUT2D eigenvalue weighted by Crippen LogP contribution is -2.18. The fraction of sp³-hybridized carbons (Fsp3) is 0. The maximum absolute atomic E-state index is 11.0. The molecule has 0 atom stereocenters. The zero-order valence-electron chi connectivity index (χ0n) is 34.2. The molecule has 0 amide bonds. The molecule has 10 aromatic carbocycles. The SMILES string of the molecule is N#Cc1c(-c2ccc(-c3ccc(N4c5ccccc5Sc5ccccc54)cc3N3c4ccccc4Sc4ccccc43)c(-c3ccc4ccccc4c3C#N)c2)ccc2ccccc12. The molecular weight excluding hydrogens is 817 g/mol. The van der Waals surface area contributed by atoms with E-state index in [4.69, 9.17) is 0 Å². The van der Waals surface area contributed by atoms with Crippen LogP contribution in [0.4, 0.5) is 34.1 Å². The van der Waals surface area contributed by atoms with Gasteiger partial charge in [0.25, 0.3) is 0 Å². The lowest BCUT2D eigenvalue weighted by molar-refractivity contribution is 1.15. The van der Waals surface area contributed by atoms with Crippen LogP contribution in [0.2, 0.25) is 0 Å². The summed E-state index contributed by atoms with van der Waals surface area (Å²) in [6.45, 7) is 0. The fourth-order valence-electron chi connectivity index (χ4n) is 9.44. The molecule has 0 radical (unpaired) electrons. The van der Waals surface area contributed by atoms with E-state index >= 15 is 0 Å². The maximum Gasteiger partial charge on any atom is 0.100 e. The van der Waals surface area contributed by atoms with Gasteiger partial charge in [-0.2, -0.15) is 10.5 Å². The van der Waals surface area contributed by atoms with Gasteiger partial charge in [-0.25, -0.2) is 0 Å². The lowest BCUT2D eigenvalue weighted by Gasteiger charge is -2.37. The topological polar surface area (TPSA) is 54.1 Å². The molecule has 6 heteroatoms. The highest BCUT2D eigenvalue weighted by Gasteiger charge is 2.31. The van der Waals surface area contributed by atoms with Crippen molar-refractivity contribution >= 4 is 79.2 Å². The summed E-state index contributed by atoms with van der Waals surface area (Å²) in [5.74, 6) is 0. The van der Waals surface area contributed by atoms with E-state index in [0.717, 1.165) is 89.0 Å². The third-order valence-corrected chi connectivity index (χ3v) is 14.6. The first kappa shape index (κ1) is 37.7. The first-order chi connectivity index (χ1) is 31.7. The summed E-state index contributed by atoms with van der Waals surface area (Å²) in [7, 11) is 0. The molecule has 4 nitrogen and oxygen atoms in total. The van der Waals surface area contributed by atoms with Crippen LogP contribution in [0.15, 0.2) is 226 Å². The molecule has 2 aliphatic heterocycles. The summed E-state index contributed by atoms with van der Waals surface area (Å²) in [5, 5.41) is 25.6. The number of para-hydroxylation sites is 4. The summed E-state index contributed by atoms with van der Waals surface area (Å²) < 4.78 is 0. The molecule has 0 spiro atoms. The number of benzene rings is 10. The minimum Gasteiger partial charge on any atom is -0.308 e. The van der Waals surface area contributed by atoms with Crippen LogP contribution in [-0.4, -0.2) is 0 Å². The molecule has 0 bridgehead atoms. The van der Waals surface area contributed by atoms with Crippen molar-refractivity contribution in [3.8, 4) is 45.5 Å². The van der Waals surface area contributed by atoms with Crippen LogP contribution in [-0.2, 0) is 0 Å². The lowest BCUT2D eigenvalue weighted by atomic mass is 9.85. The number of fused-ring (bicyclic) bond motifs is 6. The van der Waals surface area contributed by atoms with Gasteiger partial charge in [-0.1, -0.05) is 163 Å². The van der Waals surface area contributed by atoms with Gasteiger partial charge in [-0.15, -0.1) is 0 Å². The van der Waals surface area contributed by atoms with Crippen molar-refractivity contribution in [2.24, 2.45) is 0 Å². The Kier molecular flexibility index (Phi) is 9.09. The molecule has 0 aliphatic carbocycles. The molecule has 298 valence electrons. The predicted octanol–water partition coefficient (Wildman–Crippen LogP) is 16.6. The van der Waals surface area contributed by atoms with Gasteiger partial charge in [0.15, 0.2) is 0 Å². The first-order valence-electron chi connectivity index (χ1n) is 21.1. The molecule has 0 N–H and O–H groups in total. The number of rotatable bonds is 5. The van der Waals surface area contributed by atoms with Crippen LogP contribution in [0.25, 0.3) is 54.9 Å². The number of hydrogen-bond acceptors (Lipinski definition) is 6. The Labute approximate surface area is 379 Å². The van der Waals surface area contributed by atoms with Gasteiger partial charge >= 0.3 is 0 Å². The van der Waals surface area contributed by atoms with Gasteiger partial charge in [-0.3, -0.25) is 0 Å². The van der Waals surface area contributed by atoms with Gasteiger partial charge in [-0.05, 0) is 94.2 Å². The highest BCUT2D eigenvalue weighted by molar-refractivity contribution is 8.00. The van der Waals surface area contributed by atoms with Crippen LogP contribution in [0.5, 0.6) is 0 Å². The highest BCUT2D eigenvalue weighted by atomic mass is 32.2. The van der Waals surface area contributed by atoms with Crippen molar-refractivity contribution in [2.45, 2.75) is 19.6 Å². The Bertz CT molecular complexity index is 3550. The van der Waals surface area contributed by atoms with Gasteiger partial charge in [0, 0.05) is 52.7 Å². The van der Waals surface area contributed by atoms with Gasteiger partial charge in [0.2, 0.25) is 0 Å². The Morgan fingerprint density at radius 1 is 0.328 bits per heavy atom. The van der Waals surface area contributed by atoms with Gasteiger partial charge in [0.05, 0.1) is 39.6 Å². The number of nitrogens with zero attached hydrogens (tertiary/aromatic N) is 4. The fourth-order valence-corrected chi connectivity index (χ4v) is 11.6. The number of hydrogen-bond donors (Lipinski definition) is 0. The van der Waals surface area contributed by atoms with E-state index in [1.165, 1.54) is 19.6 Å². The van der Waals surface area contributed by atoms with E-state index < -0.39 is 0 Å². The smallest absolute Gasteiger partial charge is 0.100 e. The van der Waals surface area contributed by atoms with Crippen molar-refractivity contribution in [2.75, 3.05) is 9.80 Å². The van der Waals surface area contributed by atoms with Crippen LogP contribution in [0.1, 0.15) is 11.1 Å². The van der Waals surface area contributed by atoms with Crippen LogP contribution < -0.4 is 9.80 Å². The molecule has 2 aliphatic rings. The predicted molar refractivity (Wildman–Crippen MR) is 265 cm³/mol. The van der Waals surface area contributed by atoms with Crippen molar-refractivity contribution in [3.05, 3.63) is 217 Å². The summed E-state index contributed by atoms with van der Waals surface area (Å²) >= 11 is 3.59. The van der Waals surface area contributed by atoms with E-state index in [2.05, 4.69) is 186 Å². The molecule has 2 heterocycles. The van der Waals surface area contributed by atoms with E-state index in [1.807, 2.05) is 42.5 Å². The second-order valence-corrected chi connectivity index (χ2v) is 18.0. The van der Waals surface area contributed by atoms with E-state index in [0.29, 0.717) is 11.1 Å². The van der Waals surface area contributed by atoms with Gasteiger partial charge in [0.1, 0.15) is 12.1 Å². The van der Waals surface area contributed by atoms with E-state index in [1.54, 1.807) is 23.5 Å². The standard InChI is InChI=1S/C58H34N4S2/c59-35-48-41-15-3-1-13-37(41)25-29-43(48)39-27-31-44(47(33-39)45-30-26-38-14-2-4-16-42(38)49(45)36-60)46-32-28-40(61-50-17-5-9-21-55(50)63-56-22-10-6-18-51(56)61)34-54(46)62-52-19-7-11-23-57(52)64-58-24-12-8-20-53(58)62/h1-34H. The zero-order chi connectivity index (χ0) is 42.7.